The van der Waals surface area contributed by atoms with Crippen molar-refractivity contribution in [3.05, 3.63) is 35.2 Å². The molecule has 1 fully saturated rings. The predicted molar refractivity (Wildman–Crippen MR) is 123 cm³/mol. The molecular weight excluding hydrogens is 396 g/mol. The van der Waals surface area contributed by atoms with E-state index in [1.807, 2.05) is 19.2 Å². The van der Waals surface area contributed by atoms with Crippen LogP contribution < -0.4 is 10.6 Å². The third-order valence-corrected chi connectivity index (χ3v) is 6.05. The van der Waals surface area contributed by atoms with Gasteiger partial charge in [0.15, 0.2) is 5.13 Å². The monoisotopic (exact) mass is 428 g/mol. The van der Waals surface area contributed by atoms with E-state index in [-0.39, 0.29) is 23.8 Å². The van der Waals surface area contributed by atoms with E-state index in [4.69, 9.17) is 0 Å². The predicted octanol–water partition coefficient (Wildman–Crippen LogP) is 3.94. The molecule has 2 heterocycles. The first-order chi connectivity index (χ1) is 14.4. The first kappa shape index (κ1) is 22.4. The van der Waals surface area contributed by atoms with Gasteiger partial charge in [-0.05, 0) is 51.8 Å². The van der Waals surface area contributed by atoms with E-state index < -0.39 is 0 Å². The van der Waals surface area contributed by atoms with E-state index in [0.717, 1.165) is 50.0 Å². The Kier molecular flexibility index (Phi) is 7.99. The molecule has 6 nitrogen and oxygen atoms in total. The third-order valence-electron chi connectivity index (χ3n) is 5.30. The van der Waals surface area contributed by atoms with Crippen LogP contribution in [0.15, 0.2) is 29.6 Å². The smallest absolute Gasteiger partial charge is 0.240 e. The van der Waals surface area contributed by atoms with Crippen molar-refractivity contribution in [2.24, 2.45) is 5.92 Å². The summed E-state index contributed by atoms with van der Waals surface area (Å²) < 4.78 is 0. The van der Waals surface area contributed by atoms with Crippen LogP contribution in [0.5, 0.6) is 0 Å². The van der Waals surface area contributed by atoms with Crippen LogP contribution in [0.25, 0.3) is 11.3 Å². The molecule has 3 rings (SSSR count). The first-order valence-corrected chi connectivity index (χ1v) is 11.7. The molecule has 7 heteroatoms. The van der Waals surface area contributed by atoms with Crippen LogP contribution in [0, 0.1) is 5.92 Å². The Bertz CT molecular complexity index is 839. The van der Waals surface area contributed by atoms with Crippen molar-refractivity contribution in [3.8, 4) is 11.3 Å². The van der Waals surface area contributed by atoms with Crippen molar-refractivity contribution < 1.29 is 9.59 Å². The van der Waals surface area contributed by atoms with Gasteiger partial charge in [-0.3, -0.25) is 14.5 Å². The molecule has 0 bridgehead atoms. The molecular formula is C23H32N4O2S. The summed E-state index contributed by atoms with van der Waals surface area (Å²) >= 11 is 1.44. The molecule has 0 saturated carbocycles. The summed E-state index contributed by atoms with van der Waals surface area (Å²) in [6.45, 7) is 7.98. The number of nitrogens with one attached hydrogen (secondary N) is 2. The number of aromatic nitrogens is 1. The Morgan fingerprint density at radius 3 is 2.53 bits per heavy atom. The van der Waals surface area contributed by atoms with Gasteiger partial charge in [-0.1, -0.05) is 37.6 Å². The number of amides is 2. The summed E-state index contributed by atoms with van der Waals surface area (Å²) in [5.41, 5.74) is 3.28. The zero-order chi connectivity index (χ0) is 21.5. The van der Waals surface area contributed by atoms with Crippen molar-refractivity contribution >= 4 is 28.3 Å². The fourth-order valence-electron chi connectivity index (χ4n) is 3.71. The van der Waals surface area contributed by atoms with Crippen LogP contribution in [-0.4, -0.2) is 47.4 Å². The summed E-state index contributed by atoms with van der Waals surface area (Å²) in [6.07, 6.45) is 3.80. The summed E-state index contributed by atoms with van der Waals surface area (Å²) in [4.78, 5) is 31.2. The Morgan fingerprint density at radius 2 is 1.90 bits per heavy atom. The van der Waals surface area contributed by atoms with Crippen molar-refractivity contribution in [1.82, 2.24) is 15.2 Å². The normalized spacial score (nSPS) is 15.3. The molecule has 0 aliphatic carbocycles. The molecule has 2 amide bonds. The van der Waals surface area contributed by atoms with Gasteiger partial charge in [0.1, 0.15) is 0 Å². The lowest BCUT2D eigenvalue weighted by atomic mass is 9.95. The van der Waals surface area contributed by atoms with Gasteiger partial charge in [-0.25, -0.2) is 4.98 Å². The maximum absolute atomic E-state index is 12.4. The zero-order valence-electron chi connectivity index (χ0n) is 18.1. The second-order valence-electron chi connectivity index (χ2n) is 8.25. The van der Waals surface area contributed by atoms with Crippen LogP contribution in [0.4, 0.5) is 5.13 Å². The first-order valence-electron chi connectivity index (χ1n) is 10.8. The van der Waals surface area contributed by atoms with Crippen molar-refractivity contribution in [2.45, 2.75) is 52.5 Å². The molecule has 30 heavy (non-hydrogen) atoms. The van der Waals surface area contributed by atoms with Crippen LogP contribution in [0.2, 0.25) is 0 Å². The van der Waals surface area contributed by atoms with Crippen LogP contribution >= 0.6 is 11.3 Å². The Balaban J connectivity index is 1.46. The lowest BCUT2D eigenvalue weighted by Gasteiger charge is -2.31. The molecule has 1 aromatic carbocycles. The fraction of sp³-hybridized carbons (Fsp3) is 0.522. The summed E-state index contributed by atoms with van der Waals surface area (Å²) in [6, 6.07) is 8.62. The highest BCUT2D eigenvalue weighted by Crippen LogP contribution is 2.25. The minimum Gasteiger partial charge on any atom is -0.354 e. The van der Waals surface area contributed by atoms with Gasteiger partial charge in [0, 0.05) is 22.9 Å². The number of benzene rings is 1. The quantitative estimate of drug-likeness (QED) is 0.668. The van der Waals surface area contributed by atoms with Crippen molar-refractivity contribution in [1.29, 1.82) is 0 Å². The number of rotatable bonds is 8. The minimum atomic E-state index is -0.0562. The van der Waals surface area contributed by atoms with E-state index in [2.05, 4.69) is 51.7 Å². The number of carbonyl (C=O) groups is 2. The van der Waals surface area contributed by atoms with Gasteiger partial charge in [0.05, 0.1) is 12.2 Å². The third kappa shape index (κ3) is 6.37. The van der Waals surface area contributed by atoms with E-state index in [0.29, 0.717) is 11.7 Å². The molecule has 0 atom stereocenters. The van der Waals surface area contributed by atoms with E-state index >= 15 is 0 Å². The number of piperidine rings is 1. The second-order valence-corrected chi connectivity index (χ2v) is 9.10. The van der Waals surface area contributed by atoms with Gasteiger partial charge in [0.2, 0.25) is 11.8 Å². The standard InChI is InChI=1S/C23H32N4O2S/c1-4-5-17-6-8-18(9-7-17)20-15-30-23(25-20)26-21(28)14-27-12-10-19(11-13-27)22(29)24-16(2)3/h6-9,15-16,19H,4-5,10-14H2,1-3H3,(H,24,29)(H,25,26,28). The molecule has 1 aromatic heterocycles. The number of thiazole rings is 1. The van der Waals surface area contributed by atoms with Crippen LogP contribution in [0.1, 0.15) is 45.6 Å². The molecule has 162 valence electrons. The minimum absolute atomic E-state index is 0.0527. The fourth-order valence-corrected chi connectivity index (χ4v) is 4.45. The van der Waals surface area contributed by atoms with Gasteiger partial charge in [0.25, 0.3) is 0 Å². The number of likely N-dealkylation sites (tertiary alicyclic amines) is 1. The largest absolute Gasteiger partial charge is 0.354 e. The van der Waals surface area contributed by atoms with Gasteiger partial charge in [-0.15, -0.1) is 11.3 Å². The topological polar surface area (TPSA) is 74.3 Å². The van der Waals surface area contributed by atoms with Crippen molar-refractivity contribution in [3.63, 3.8) is 0 Å². The molecule has 1 aliphatic heterocycles. The second kappa shape index (κ2) is 10.7. The molecule has 1 aliphatic rings. The van der Waals surface area contributed by atoms with E-state index in [1.54, 1.807) is 0 Å². The molecule has 2 aromatic rings. The summed E-state index contributed by atoms with van der Waals surface area (Å²) in [7, 11) is 0. The molecule has 1 saturated heterocycles. The number of hydrogen-bond donors (Lipinski definition) is 2. The Hall–Kier alpha value is -2.25. The number of nitrogens with zero attached hydrogens (tertiary/aromatic N) is 2. The van der Waals surface area contributed by atoms with E-state index in [9.17, 15) is 9.59 Å². The molecule has 0 radical (unpaired) electrons. The number of aryl methyl sites for hydroxylation is 1. The van der Waals surface area contributed by atoms with Crippen molar-refractivity contribution in [2.75, 3.05) is 25.0 Å². The maximum Gasteiger partial charge on any atom is 0.240 e. The summed E-state index contributed by atoms with van der Waals surface area (Å²) in [5, 5.41) is 8.50. The molecule has 0 spiro atoms. The van der Waals surface area contributed by atoms with E-state index in [1.165, 1.54) is 16.9 Å². The summed E-state index contributed by atoms with van der Waals surface area (Å²) in [5.74, 6) is 0.128. The zero-order valence-corrected chi connectivity index (χ0v) is 18.9. The average Bonchev–Trinajstić information content (AvgIpc) is 3.17. The maximum atomic E-state index is 12.4. The average molecular weight is 429 g/mol. The van der Waals surface area contributed by atoms with Gasteiger partial charge < -0.3 is 10.6 Å². The SMILES string of the molecule is CCCc1ccc(-c2csc(NC(=O)CN3CCC(C(=O)NC(C)C)CC3)n2)cc1. The highest BCUT2D eigenvalue weighted by molar-refractivity contribution is 7.14. The number of anilines is 1. The number of hydrogen-bond acceptors (Lipinski definition) is 5. The van der Waals surface area contributed by atoms with Crippen LogP contribution in [0.3, 0.4) is 0 Å². The van der Waals surface area contributed by atoms with Gasteiger partial charge in [-0.2, -0.15) is 0 Å². The van der Waals surface area contributed by atoms with Crippen LogP contribution in [-0.2, 0) is 16.0 Å². The molecule has 2 N–H and O–H groups in total. The lowest BCUT2D eigenvalue weighted by Crippen LogP contribution is -2.44. The number of carbonyl (C=O) groups excluding carboxylic acids is 2. The highest BCUT2D eigenvalue weighted by Gasteiger charge is 2.26. The Morgan fingerprint density at radius 1 is 1.20 bits per heavy atom. The Labute approximate surface area is 183 Å². The molecule has 0 unspecified atom stereocenters. The highest BCUT2D eigenvalue weighted by atomic mass is 32.1. The lowest BCUT2D eigenvalue weighted by molar-refractivity contribution is -0.127. The van der Waals surface area contributed by atoms with Gasteiger partial charge >= 0.3 is 0 Å².